The highest BCUT2D eigenvalue weighted by atomic mass is 32.2. The molecular formula is C16H26N3O3S+. The van der Waals surface area contributed by atoms with Crippen LogP contribution in [0.15, 0.2) is 29.2 Å². The van der Waals surface area contributed by atoms with Crippen LogP contribution in [0.25, 0.3) is 0 Å². The van der Waals surface area contributed by atoms with Crippen LogP contribution in [0.4, 0.5) is 5.69 Å². The first kappa shape index (κ1) is 17.9. The molecule has 0 spiro atoms. The third-order valence-corrected chi connectivity index (χ3v) is 6.40. The van der Waals surface area contributed by atoms with Crippen LogP contribution in [0.1, 0.15) is 27.2 Å². The minimum absolute atomic E-state index is 0.176. The zero-order chi connectivity index (χ0) is 17.0. The summed E-state index contributed by atoms with van der Waals surface area (Å²) in [5.74, 6) is -0.176. The molecule has 0 bridgehead atoms. The SMILES string of the molecule is CC[C@@H](C)[NH+]1CCN(S(=O)(=O)c2ccc(NC(C)=O)cc2)CC1. The molecule has 0 radical (unpaired) electrons. The quantitative estimate of drug-likeness (QED) is 0.812. The number of nitrogens with one attached hydrogen (secondary N) is 2. The number of piperazine rings is 1. The minimum Gasteiger partial charge on any atom is -0.331 e. The summed E-state index contributed by atoms with van der Waals surface area (Å²) in [6.07, 6.45) is 1.10. The number of amides is 1. The summed E-state index contributed by atoms with van der Waals surface area (Å²) in [6.45, 7) is 8.59. The summed E-state index contributed by atoms with van der Waals surface area (Å²) in [7, 11) is -3.46. The summed E-state index contributed by atoms with van der Waals surface area (Å²) < 4.78 is 27.0. The molecular weight excluding hydrogens is 314 g/mol. The molecule has 128 valence electrons. The lowest BCUT2D eigenvalue weighted by atomic mass is 10.2. The van der Waals surface area contributed by atoms with Gasteiger partial charge in [-0.15, -0.1) is 0 Å². The first-order valence-electron chi connectivity index (χ1n) is 8.07. The molecule has 1 saturated heterocycles. The third kappa shape index (κ3) is 4.31. The fourth-order valence-corrected chi connectivity index (χ4v) is 4.30. The van der Waals surface area contributed by atoms with E-state index in [9.17, 15) is 13.2 Å². The van der Waals surface area contributed by atoms with Crippen molar-refractivity contribution in [1.82, 2.24) is 4.31 Å². The van der Waals surface area contributed by atoms with E-state index in [1.165, 1.54) is 11.8 Å². The standard InChI is InChI=1S/C16H25N3O3S/c1-4-13(2)18-9-11-19(12-10-18)23(21,22)16-7-5-15(6-8-16)17-14(3)20/h5-8,13H,4,9-12H2,1-3H3,(H,17,20)/p+1/t13-/m1/s1. The van der Waals surface area contributed by atoms with E-state index in [1.54, 1.807) is 28.6 Å². The van der Waals surface area contributed by atoms with Gasteiger partial charge in [-0.2, -0.15) is 4.31 Å². The predicted molar refractivity (Wildman–Crippen MR) is 90.0 cm³/mol. The Hall–Kier alpha value is -1.44. The number of hydrogen-bond donors (Lipinski definition) is 2. The van der Waals surface area contributed by atoms with Crippen LogP contribution in [0.3, 0.4) is 0 Å². The summed E-state index contributed by atoms with van der Waals surface area (Å²) in [5, 5.41) is 2.64. The second-order valence-corrected chi connectivity index (χ2v) is 8.02. The zero-order valence-electron chi connectivity index (χ0n) is 14.0. The fraction of sp³-hybridized carbons (Fsp3) is 0.562. The van der Waals surface area contributed by atoms with Crippen molar-refractivity contribution in [2.45, 2.75) is 38.1 Å². The molecule has 1 aromatic rings. The molecule has 1 aliphatic rings. The molecule has 0 saturated carbocycles. The van der Waals surface area contributed by atoms with Crippen LogP contribution >= 0.6 is 0 Å². The van der Waals surface area contributed by atoms with Crippen LogP contribution in [0, 0.1) is 0 Å². The number of anilines is 1. The van der Waals surface area contributed by atoms with E-state index in [1.807, 2.05) is 0 Å². The maximum Gasteiger partial charge on any atom is 0.243 e. The third-order valence-electron chi connectivity index (χ3n) is 4.49. The van der Waals surface area contributed by atoms with Gasteiger partial charge in [-0.05, 0) is 37.6 Å². The molecule has 1 heterocycles. The van der Waals surface area contributed by atoms with Gasteiger partial charge in [0.05, 0.1) is 37.1 Å². The molecule has 23 heavy (non-hydrogen) atoms. The first-order valence-corrected chi connectivity index (χ1v) is 9.51. The predicted octanol–water partition coefficient (Wildman–Crippen LogP) is 0.333. The Morgan fingerprint density at radius 3 is 2.30 bits per heavy atom. The highest BCUT2D eigenvalue weighted by Gasteiger charge is 2.31. The number of rotatable bonds is 5. The van der Waals surface area contributed by atoms with Gasteiger partial charge in [0, 0.05) is 12.6 Å². The number of sulfonamides is 1. The van der Waals surface area contributed by atoms with E-state index in [-0.39, 0.29) is 10.8 Å². The molecule has 6 nitrogen and oxygen atoms in total. The number of quaternary nitrogens is 1. The molecule has 1 aliphatic heterocycles. The number of carbonyl (C=O) groups is 1. The summed E-state index contributed by atoms with van der Waals surface area (Å²) in [6, 6.07) is 6.91. The largest absolute Gasteiger partial charge is 0.331 e. The normalized spacial score (nSPS) is 18.6. The van der Waals surface area contributed by atoms with E-state index in [0.29, 0.717) is 24.8 Å². The van der Waals surface area contributed by atoms with Gasteiger partial charge in [-0.25, -0.2) is 8.42 Å². The van der Waals surface area contributed by atoms with Crippen LogP contribution in [0.2, 0.25) is 0 Å². The zero-order valence-corrected chi connectivity index (χ0v) is 14.8. The van der Waals surface area contributed by atoms with Gasteiger partial charge in [0.25, 0.3) is 0 Å². The van der Waals surface area contributed by atoms with Gasteiger partial charge >= 0.3 is 0 Å². The Morgan fingerprint density at radius 1 is 1.26 bits per heavy atom. The monoisotopic (exact) mass is 340 g/mol. The van der Waals surface area contributed by atoms with E-state index in [4.69, 9.17) is 0 Å². The molecule has 0 aliphatic carbocycles. The average Bonchev–Trinajstić information content (AvgIpc) is 2.54. The lowest BCUT2D eigenvalue weighted by Gasteiger charge is -2.34. The van der Waals surface area contributed by atoms with Gasteiger partial charge in [0.1, 0.15) is 0 Å². The van der Waals surface area contributed by atoms with Crippen molar-refractivity contribution in [2.75, 3.05) is 31.5 Å². The van der Waals surface area contributed by atoms with E-state index in [2.05, 4.69) is 19.2 Å². The smallest absolute Gasteiger partial charge is 0.243 e. The van der Waals surface area contributed by atoms with Crippen molar-refractivity contribution >= 4 is 21.6 Å². The number of benzene rings is 1. The highest BCUT2D eigenvalue weighted by Crippen LogP contribution is 2.18. The molecule has 1 amide bonds. The molecule has 1 atom stereocenters. The average molecular weight is 340 g/mol. The van der Waals surface area contributed by atoms with E-state index in [0.717, 1.165) is 19.5 Å². The lowest BCUT2D eigenvalue weighted by molar-refractivity contribution is -0.927. The minimum atomic E-state index is -3.46. The van der Waals surface area contributed by atoms with Gasteiger partial charge < -0.3 is 10.2 Å². The molecule has 1 fully saturated rings. The molecule has 2 N–H and O–H groups in total. The topological polar surface area (TPSA) is 70.9 Å². The number of hydrogen-bond acceptors (Lipinski definition) is 3. The van der Waals surface area contributed by atoms with Crippen LogP contribution in [-0.2, 0) is 14.8 Å². The molecule has 0 aromatic heterocycles. The summed E-state index contributed by atoms with van der Waals surface area (Å²) >= 11 is 0. The van der Waals surface area contributed by atoms with Gasteiger partial charge in [0.15, 0.2) is 0 Å². The number of nitrogens with zero attached hydrogens (tertiary/aromatic N) is 1. The maximum atomic E-state index is 12.7. The van der Waals surface area contributed by atoms with Gasteiger partial charge in [-0.3, -0.25) is 4.79 Å². The van der Waals surface area contributed by atoms with E-state index >= 15 is 0 Å². The van der Waals surface area contributed by atoms with E-state index < -0.39 is 10.0 Å². The second kappa shape index (κ2) is 7.42. The Balaban J connectivity index is 2.06. The maximum absolute atomic E-state index is 12.7. The first-order chi connectivity index (χ1) is 10.8. The molecule has 2 rings (SSSR count). The second-order valence-electron chi connectivity index (χ2n) is 6.08. The van der Waals surface area contributed by atoms with Crippen molar-refractivity contribution < 1.29 is 18.1 Å². The Bertz CT molecular complexity index is 635. The highest BCUT2D eigenvalue weighted by molar-refractivity contribution is 7.89. The molecule has 1 aromatic carbocycles. The van der Waals surface area contributed by atoms with Gasteiger partial charge in [-0.1, -0.05) is 6.92 Å². The Labute approximate surface area is 138 Å². The van der Waals surface area contributed by atoms with Crippen molar-refractivity contribution in [2.24, 2.45) is 0 Å². The molecule has 0 unspecified atom stereocenters. The van der Waals surface area contributed by atoms with Gasteiger partial charge in [0.2, 0.25) is 15.9 Å². The Kier molecular flexibility index (Phi) is 5.78. The van der Waals surface area contributed by atoms with Crippen LogP contribution in [-0.4, -0.2) is 50.9 Å². The Morgan fingerprint density at radius 2 is 1.83 bits per heavy atom. The summed E-state index contributed by atoms with van der Waals surface area (Å²) in [5.41, 5.74) is 0.600. The van der Waals surface area contributed by atoms with Crippen LogP contribution in [0.5, 0.6) is 0 Å². The van der Waals surface area contributed by atoms with Crippen molar-refractivity contribution in [3.8, 4) is 0 Å². The van der Waals surface area contributed by atoms with Crippen molar-refractivity contribution in [1.29, 1.82) is 0 Å². The number of carbonyl (C=O) groups excluding carboxylic acids is 1. The van der Waals surface area contributed by atoms with Crippen LogP contribution < -0.4 is 10.2 Å². The fourth-order valence-electron chi connectivity index (χ4n) is 2.86. The van der Waals surface area contributed by atoms with Crippen molar-refractivity contribution in [3.63, 3.8) is 0 Å². The van der Waals surface area contributed by atoms with Crippen molar-refractivity contribution in [3.05, 3.63) is 24.3 Å². The lowest BCUT2D eigenvalue weighted by Crippen LogP contribution is -3.17. The summed E-state index contributed by atoms with van der Waals surface area (Å²) in [4.78, 5) is 12.8. The molecule has 7 heteroatoms.